The zero-order valence-electron chi connectivity index (χ0n) is 15.2. The molecule has 2 aromatic rings. The molecule has 1 aliphatic rings. The van der Waals surface area contributed by atoms with Crippen LogP contribution < -0.4 is 10.2 Å². The molecule has 26 heavy (non-hydrogen) atoms. The van der Waals surface area contributed by atoms with Gasteiger partial charge >= 0.3 is 5.97 Å². The maximum Gasteiger partial charge on any atom is 0.337 e. The lowest BCUT2D eigenvalue weighted by molar-refractivity contribution is 0.0600. The van der Waals surface area contributed by atoms with Gasteiger partial charge in [0, 0.05) is 37.6 Å². The van der Waals surface area contributed by atoms with Crippen molar-refractivity contribution in [2.24, 2.45) is 0 Å². The van der Waals surface area contributed by atoms with Crippen LogP contribution in [0.15, 0.2) is 30.5 Å². The van der Waals surface area contributed by atoms with Gasteiger partial charge in [-0.2, -0.15) is 0 Å². The number of benzene rings is 1. The first-order valence-corrected chi connectivity index (χ1v) is 8.49. The van der Waals surface area contributed by atoms with Crippen LogP contribution in [0.1, 0.15) is 38.4 Å². The highest BCUT2D eigenvalue weighted by Crippen LogP contribution is 2.21. The van der Waals surface area contributed by atoms with Gasteiger partial charge in [-0.25, -0.2) is 14.8 Å². The minimum absolute atomic E-state index is 0.0455. The van der Waals surface area contributed by atoms with E-state index in [1.165, 1.54) is 7.11 Å². The lowest BCUT2D eigenvalue weighted by Gasteiger charge is -2.25. The lowest BCUT2D eigenvalue weighted by Crippen LogP contribution is -2.39. The molecule has 0 fully saturated rings. The van der Waals surface area contributed by atoms with Crippen LogP contribution in [0.3, 0.4) is 0 Å². The van der Waals surface area contributed by atoms with Gasteiger partial charge in [-0.1, -0.05) is 0 Å². The molecule has 1 aromatic heterocycles. The second-order valence-corrected chi connectivity index (χ2v) is 6.52. The standard InChI is InChI=1S/C19H22N4O3/c1-23(2)19-20-11-14-10-15(8-9-16(14)22-19)21-17(24)12-4-6-13(7-5-12)18(25)26-3/h4-7,11,15H,8-10H2,1-3H3,(H,21,24). The average Bonchev–Trinajstić information content (AvgIpc) is 2.66. The molecule has 3 rings (SSSR count). The number of anilines is 1. The van der Waals surface area contributed by atoms with E-state index < -0.39 is 5.97 Å². The summed E-state index contributed by atoms with van der Waals surface area (Å²) in [5.74, 6) is 0.135. The smallest absolute Gasteiger partial charge is 0.337 e. The van der Waals surface area contributed by atoms with Crippen molar-refractivity contribution >= 4 is 17.8 Å². The summed E-state index contributed by atoms with van der Waals surface area (Å²) in [5, 5.41) is 3.06. The van der Waals surface area contributed by atoms with Crippen molar-refractivity contribution in [3.05, 3.63) is 52.8 Å². The largest absolute Gasteiger partial charge is 0.465 e. The van der Waals surface area contributed by atoms with Gasteiger partial charge in [0.2, 0.25) is 5.95 Å². The van der Waals surface area contributed by atoms with E-state index in [-0.39, 0.29) is 11.9 Å². The van der Waals surface area contributed by atoms with E-state index in [4.69, 9.17) is 0 Å². The van der Waals surface area contributed by atoms with Crippen LogP contribution in [0.2, 0.25) is 0 Å². The summed E-state index contributed by atoms with van der Waals surface area (Å²) in [6.07, 6.45) is 4.21. The van der Waals surface area contributed by atoms with Crippen molar-refractivity contribution in [2.75, 3.05) is 26.1 Å². The summed E-state index contributed by atoms with van der Waals surface area (Å²) in [7, 11) is 5.16. The normalized spacial score (nSPS) is 15.7. The quantitative estimate of drug-likeness (QED) is 0.840. The Kier molecular flexibility index (Phi) is 5.16. The number of esters is 1. The van der Waals surface area contributed by atoms with Crippen LogP contribution in [0.25, 0.3) is 0 Å². The molecule has 0 bridgehead atoms. The fourth-order valence-electron chi connectivity index (χ4n) is 2.98. The molecule has 0 aliphatic heterocycles. The van der Waals surface area contributed by atoms with E-state index in [0.717, 1.165) is 30.5 Å². The van der Waals surface area contributed by atoms with Gasteiger partial charge in [-0.15, -0.1) is 0 Å². The summed E-state index contributed by atoms with van der Waals surface area (Å²) in [5.41, 5.74) is 3.07. The molecular weight excluding hydrogens is 332 g/mol. The average molecular weight is 354 g/mol. The van der Waals surface area contributed by atoms with Crippen LogP contribution in [0.4, 0.5) is 5.95 Å². The Morgan fingerprint density at radius 2 is 1.88 bits per heavy atom. The third kappa shape index (κ3) is 3.82. The number of carbonyl (C=O) groups excluding carboxylic acids is 2. The molecule has 0 saturated heterocycles. The van der Waals surface area contributed by atoms with Gasteiger partial charge in [0.05, 0.1) is 12.7 Å². The molecule has 1 N–H and O–H groups in total. The molecule has 7 heteroatoms. The summed E-state index contributed by atoms with van der Waals surface area (Å²) in [6, 6.07) is 6.49. The lowest BCUT2D eigenvalue weighted by atomic mass is 9.92. The van der Waals surface area contributed by atoms with Gasteiger partial charge in [0.1, 0.15) is 0 Å². The van der Waals surface area contributed by atoms with Crippen molar-refractivity contribution in [1.29, 1.82) is 0 Å². The monoisotopic (exact) mass is 354 g/mol. The Balaban J connectivity index is 1.64. The van der Waals surface area contributed by atoms with E-state index in [0.29, 0.717) is 17.1 Å². The Labute approximate surface area is 152 Å². The van der Waals surface area contributed by atoms with E-state index in [9.17, 15) is 9.59 Å². The Bertz CT molecular complexity index is 818. The number of methoxy groups -OCH3 is 1. The number of ether oxygens (including phenoxy) is 1. The molecule has 1 heterocycles. The van der Waals surface area contributed by atoms with Crippen LogP contribution in [-0.2, 0) is 17.6 Å². The fourth-order valence-corrected chi connectivity index (χ4v) is 2.98. The molecule has 136 valence electrons. The van der Waals surface area contributed by atoms with Gasteiger partial charge in [0.15, 0.2) is 0 Å². The van der Waals surface area contributed by atoms with Gasteiger partial charge in [-0.3, -0.25) is 4.79 Å². The van der Waals surface area contributed by atoms with Crippen LogP contribution in [-0.4, -0.2) is 49.1 Å². The molecule has 7 nitrogen and oxygen atoms in total. The summed E-state index contributed by atoms with van der Waals surface area (Å²) >= 11 is 0. The minimum Gasteiger partial charge on any atom is -0.465 e. The predicted molar refractivity (Wildman–Crippen MR) is 97.4 cm³/mol. The van der Waals surface area contributed by atoms with Crippen molar-refractivity contribution < 1.29 is 14.3 Å². The molecule has 1 atom stereocenters. The number of aryl methyl sites for hydroxylation is 1. The van der Waals surface area contributed by atoms with E-state index in [2.05, 4.69) is 20.0 Å². The summed E-state index contributed by atoms with van der Waals surface area (Å²) < 4.78 is 4.66. The topological polar surface area (TPSA) is 84.4 Å². The number of rotatable bonds is 4. The first-order chi connectivity index (χ1) is 12.5. The number of hydrogen-bond acceptors (Lipinski definition) is 6. The van der Waals surface area contributed by atoms with Crippen molar-refractivity contribution in [3.63, 3.8) is 0 Å². The number of fused-ring (bicyclic) bond motifs is 1. The van der Waals surface area contributed by atoms with E-state index in [1.807, 2.05) is 25.2 Å². The van der Waals surface area contributed by atoms with Crippen molar-refractivity contribution in [1.82, 2.24) is 15.3 Å². The molecule has 0 spiro atoms. The molecule has 1 aliphatic carbocycles. The zero-order chi connectivity index (χ0) is 18.7. The van der Waals surface area contributed by atoms with Crippen LogP contribution >= 0.6 is 0 Å². The SMILES string of the molecule is COC(=O)c1ccc(C(=O)NC2CCc3nc(N(C)C)ncc3C2)cc1. The number of aromatic nitrogens is 2. The Morgan fingerprint density at radius 3 is 2.54 bits per heavy atom. The number of amides is 1. The van der Waals surface area contributed by atoms with E-state index >= 15 is 0 Å². The number of nitrogens with one attached hydrogen (secondary N) is 1. The van der Waals surface area contributed by atoms with Crippen molar-refractivity contribution in [3.8, 4) is 0 Å². The summed E-state index contributed by atoms with van der Waals surface area (Å²) in [4.78, 5) is 34.7. The second-order valence-electron chi connectivity index (χ2n) is 6.52. The maximum atomic E-state index is 12.5. The molecule has 0 saturated carbocycles. The minimum atomic E-state index is -0.419. The second kappa shape index (κ2) is 7.51. The highest BCUT2D eigenvalue weighted by molar-refractivity contribution is 5.96. The molecule has 0 radical (unpaired) electrons. The fraction of sp³-hybridized carbons (Fsp3) is 0.368. The first-order valence-electron chi connectivity index (χ1n) is 8.49. The Hall–Kier alpha value is -2.96. The molecule has 1 aromatic carbocycles. The number of hydrogen-bond donors (Lipinski definition) is 1. The van der Waals surface area contributed by atoms with Crippen molar-refractivity contribution in [2.45, 2.75) is 25.3 Å². The van der Waals surface area contributed by atoms with Gasteiger partial charge < -0.3 is 15.0 Å². The van der Waals surface area contributed by atoms with E-state index in [1.54, 1.807) is 24.3 Å². The first kappa shape index (κ1) is 17.8. The van der Waals surface area contributed by atoms with Gasteiger partial charge in [-0.05, 0) is 49.1 Å². The van der Waals surface area contributed by atoms with Crippen LogP contribution in [0, 0.1) is 0 Å². The summed E-state index contributed by atoms with van der Waals surface area (Å²) in [6.45, 7) is 0. The maximum absolute atomic E-state index is 12.5. The molecule has 1 unspecified atom stereocenters. The van der Waals surface area contributed by atoms with Gasteiger partial charge in [0.25, 0.3) is 5.91 Å². The highest BCUT2D eigenvalue weighted by Gasteiger charge is 2.22. The Morgan fingerprint density at radius 1 is 1.19 bits per heavy atom. The zero-order valence-corrected chi connectivity index (χ0v) is 15.2. The molecule has 1 amide bonds. The number of carbonyl (C=O) groups is 2. The third-order valence-electron chi connectivity index (χ3n) is 4.44. The third-order valence-corrected chi connectivity index (χ3v) is 4.44. The molecular formula is C19H22N4O3. The predicted octanol–water partition coefficient (Wildman–Crippen LogP) is 1.62. The van der Waals surface area contributed by atoms with Crippen LogP contribution in [0.5, 0.6) is 0 Å². The highest BCUT2D eigenvalue weighted by atomic mass is 16.5. The number of nitrogens with zero attached hydrogens (tertiary/aromatic N) is 3.